The molecule has 0 aliphatic heterocycles. The predicted molar refractivity (Wildman–Crippen MR) is 46.0 cm³/mol. The summed E-state index contributed by atoms with van der Waals surface area (Å²) in [5.74, 6) is 1.05. The van der Waals surface area contributed by atoms with Crippen LogP contribution >= 0.6 is 0 Å². The minimum Gasteiger partial charge on any atom is -0.349 e. The maximum atomic E-state index is 4.11. The molecule has 0 bridgehead atoms. The molecule has 2 heteroatoms. The molecule has 0 aromatic carbocycles. The molecule has 11 heavy (non-hydrogen) atoms. The van der Waals surface area contributed by atoms with Crippen LogP contribution in [0.1, 0.15) is 18.7 Å². The van der Waals surface area contributed by atoms with Crippen molar-refractivity contribution in [3.05, 3.63) is 37.3 Å². The Labute approximate surface area is 67.4 Å². The number of aromatic amines is 1. The van der Waals surface area contributed by atoms with Gasteiger partial charge in [0, 0.05) is 18.8 Å². The van der Waals surface area contributed by atoms with Gasteiger partial charge in [-0.1, -0.05) is 12.2 Å². The molecule has 1 rings (SSSR count). The SMILES string of the molecule is [CH2]C/C=C/CCc1ncc[nH]1. The van der Waals surface area contributed by atoms with Gasteiger partial charge in [-0.2, -0.15) is 0 Å². The second-order valence-corrected chi connectivity index (χ2v) is 2.33. The van der Waals surface area contributed by atoms with E-state index in [1.807, 2.05) is 6.20 Å². The van der Waals surface area contributed by atoms with E-state index in [0.29, 0.717) is 0 Å². The fourth-order valence-electron chi connectivity index (χ4n) is 0.890. The first-order chi connectivity index (χ1) is 5.43. The van der Waals surface area contributed by atoms with Crippen LogP contribution in [0, 0.1) is 6.92 Å². The molecule has 0 saturated carbocycles. The average Bonchev–Trinajstić information content (AvgIpc) is 2.50. The predicted octanol–water partition coefficient (Wildman–Crippen LogP) is 2.12. The van der Waals surface area contributed by atoms with Crippen molar-refractivity contribution in [1.82, 2.24) is 9.97 Å². The summed E-state index contributed by atoms with van der Waals surface area (Å²) in [7, 11) is 0. The van der Waals surface area contributed by atoms with Crippen LogP contribution in [0.5, 0.6) is 0 Å². The van der Waals surface area contributed by atoms with Gasteiger partial charge in [0.05, 0.1) is 0 Å². The lowest BCUT2D eigenvalue weighted by atomic mass is 10.2. The number of hydrogen-bond donors (Lipinski definition) is 1. The highest BCUT2D eigenvalue weighted by Crippen LogP contribution is 1.95. The monoisotopic (exact) mass is 149 g/mol. The second kappa shape index (κ2) is 4.72. The number of nitrogens with zero attached hydrogens (tertiary/aromatic N) is 1. The number of rotatable bonds is 4. The molecule has 2 nitrogen and oxygen atoms in total. The second-order valence-electron chi connectivity index (χ2n) is 2.33. The quantitative estimate of drug-likeness (QED) is 0.653. The molecule has 59 valence electrons. The van der Waals surface area contributed by atoms with E-state index < -0.39 is 0 Å². The molecule has 0 saturated heterocycles. The highest BCUT2D eigenvalue weighted by atomic mass is 14.9. The number of aryl methyl sites for hydroxylation is 1. The minimum absolute atomic E-state index is 0.873. The summed E-state index contributed by atoms with van der Waals surface area (Å²) < 4.78 is 0. The summed E-state index contributed by atoms with van der Waals surface area (Å²) in [6.45, 7) is 3.71. The van der Waals surface area contributed by atoms with E-state index in [9.17, 15) is 0 Å². The first-order valence-electron chi connectivity index (χ1n) is 3.86. The third-order valence-electron chi connectivity index (χ3n) is 1.44. The smallest absolute Gasteiger partial charge is 0.106 e. The standard InChI is InChI=1S/C9H13N2/c1-2-3-4-5-6-9-10-7-8-11-9/h3-4,7-8H,1-2,5-6H2,(H,10,11)/b4-3+. The molecule has 0 amide bonds. The van der Waals surface area contributed by atoms with Crippen molar-refractivity contribution in [2.75, 3.05) is 0 Å². The highest BCUT2D eigenvalue weighted by molar-refractivity contribution is 4.91. The first kappa shape index (κ1) is 8.05. The lowest BCUT2D eigenvalue weighted by Crippen LogP contribution is -1.84. The Kier molecular flexibility index (Phi) is 3.45. The van der Waals surface area contributed by atoms with Gasteiger partial charge in [0.25, 0.3) is 0 Å². The summed E-state index contributed by atoms with van der Waals surface area (Å²) >= 11 is 0. The Morgan fingerprint density at radius 3 is 3.09 bits per heavy atom. The van der Waals surface area contributed by atoms with Crippen LogP contribution in [0.4, 0.5) is 0 Å². The van der Waals surface area contributed by atoms with Gasteiger partial charge in [0.15, 0.2) is 0 Å². The summed E-state index contributed by atoms with van der Waals surface area (Å²) in [6, 6.07) is 0. The molecule has 0 aliphatic rings. The largest absolute Gasteiger partial charge is 0.349 e. The van der Waals surface area contributed by atoms with E-state index in [2.05, 4.69) is 29.0 Å². The molecule has 0 spiro atoms. The minimum atomic E-state index is 0.873. The number of imidazole rings is 1. The fraction of sp³-hybridized carbons (Fsp3) is 0.333. The number of nitrogens with one attached hydrogen (secondary N) is 1. The first-order valence-corrected chi connectivity index (χ1v) is 3.86. The zero-order valence-corrected chi connectivity index (χ0v) is 6.59. The average molecular weight is 149 g/mol. The lowest BCUT2D eigenvalue weighted by Gasteiger charge is -1.89. The van der Waals surface area contributed by atoms with Gasteiger partial charge in [0.2, 0.25) is 0 Å². The summed E-state index contributed by atoms with van der Waals surface area (Å²) in [4.78, 5) is 7.16. The van der Waals surface area contributed by atoms with Crippen molar-refractivity contribution in [3.63, 3.8) is 0 Å². The summed E-state index contributed by atoms with van der Waals surface area (Å²) in [6.07, 6.45) is 10.7. The number of H-pyrrole nitrogens is 1. The fourth-order valence-corrected chi connectivity index (χ4v) is 0.890. The van der Waals surface area contributed by atoms with Gasteiger partial charge in [0.1, 0.15) is 5.82 Å². The summed E-state index contributed by atoms with van der Waals surface area (Å²) in [5, 5.41) is 0. The van der Waals surface area contributed by atoms with Crippen LogP contribution in [0.3, 0.4) is 0 Å². The van der Waals surface area contributed by atoms with Crippen LogP contribution in [-0.4, -0.2) is 9.97 Å². The highest BCUT2D eigenvalue weighted by Gasteiger charge is 1.89. The third-order valence-corrected chi connectivity index (χ3v) is 1.44. The molecular formula is C9H13N2. The van der Waals surface area contributed by atoms with Gasteiger partial charge in [-0.25, -0.2) is 4.98 Å². The van der Waals surface area contributed by atoms with Crippen LogP contribution < -0.4 is 0 Å². The normalized spacial score (nSPS) is 11.0. The van der Waals surface area contributed by atoms with Gasteiger partial charge < -0.3 is 4.98 Å². The van der Waals surface area contributed by atoms with Crippen molar-refractivity contribution in [1.29, 1.82) is 0 Å². The Balaban J connectivity index is 2.19. The maximum absolute atomic E-state index is 4.11. The molecule has 1 aromatic rings. The van der Waals surface area contributed by atoms with E-state index >= 15 is 0 Å². The lowest BCUT2D eigenvalue weighted by molar-refractivity contribution is 0.907. The number of aromatic nitrogens is 2. The van der Waals surface area contributed by atoms with E-state index in [4.69, 9.17) is 0 Å². The Bertz CT molecular complexity index is 199. The summed E-state index contributed by atoms with van der Waals surface area (Å²) in [5.41, 5.74) is 0. The van der Waals surface area contributed by atoms with Crippen molar-refractivity contribution in [2.24, 2.45) is 0 Å². The van der Waals surface area contributed by atoms with Crippen LogP contribution in [0.2, 0.25) is 0 Å². The molecule has 0 fully saturated rings. The van der Waals surface area contributed by atoms with Gasteiger partial charge in [-0.05, 0) is 19.8 Å². The van der Waals surface area contributed by atoms with E-state index in [1.165, 1.54) is 0 Å². The van der Waals surface area contributed by atoms with Crippen LogP contribution in [0.15, 0.2) is 24.5 Å². The van der Waals surface area contributed by atoms with Crippen molar-refractivity contribution in [2.45, 2.75) is 19.3 Å². The van der Waals surface area contributed by atoms with Crippen molar-refractivity contribution in [3.8, 4) is 0 Å². The van der Waals surface area contributed by atoms with E-state index in [1.54, 1.807) is 6.20 Å². The Morgan fingerprint density at radius 2 is 2.45 bits per heavy atom. The molecule has 0 aliphatic carbocycles. The maximum Gasteiger partial charge on any atom is 0.106 e. The van der Waals surface area contributed by atoms with E-state index in [0.717, 1.165) is 25.1 Å². The Hall–Kier alpha value is -1.05. The Morgan fingerprint density at radius 1 is 1.55 bits per heavy atom. The molecule has 1 radical (unpaired) electrons. The van der Waals surface area contributed by atoms with Crippen molar-refractivity contribution >= 4 is 0 Å². The number of allylic oxidation sites excluding steroid dienone is 2. The molecule has 1 N–H and O–H groups in total. The molecule has 1 aromatic heterocycles. The van der Waals surface area contributed by atoms with Gasteiger partial charge in [-0.15, -0.1) is 0 Å². The van der Waals surface area contributed by atoms with Gasteiger partial charge >= 0.3 is 0 Å². The zero-order chi connectivity index (χ0) is 7.94. The molecule has 0 unspecified atom stereocenters. The third kappa shape index (κ3) is 3.03. The van der Waals surface area contributed by atoms with Crippen LogP contribution in [0.25, 0.3) is 0 Å². The van der Waals surface area contributed by atoms with Gasteiger partial charge in [-0.3, -0.25) is 0 Å². The molecule has 0 atom stereocenters. The molecule has 1 heterocycles. The zero-order valence-electron chi connectivity index (χ0n) is 6.59. The van der Waals surface area contributed by atoms with Crippen molar-refractivity contribution < 1.29 is 0 Å². The van der Waals surface area contributed by atoms with E-state index in [-0.39, 0.29) is 0 Å². The van der Waals surface area contributed by atoms with Crippen LogP contribution in [-0.2, 0) is 6.42 Å². The number of hydrogen-bond acceptors (Lipinski definition) is 1. The molecular weight excluding hydrogens is 136 g/mol. The topological polar surface area (TPSA) is 28.7 Å².